The number of nitrogens with zero attached hydrogens (tertiary/aromatic N) is 1. The Morgan fingerprint density at radius 1 is 1.00 bits per heavy atom. The van der Waals surface area contributed by atoms with Crippen molar-refractivity contribution in [2.24, 2.45) is 0 Å². The molecule has 0 aromatic heterocycles. The van der Waals surface area contributed by atoms with E-state index in [0.717, 1.165) is 17.2 Å². The van der Waals surface area contributed by atoms with Gasteiger partial charge in [0.25, 0.3) is 5.69 Å². The summed E-state index contributed by atoms with van der Waals surface area (Å²) in [4.78, 5) is 34.1. The molecule has 0 radical (unpaired) electrons. The van der Waals surface area contributed by atoms with E-state index in [1.54, 1.807) is 19.1 Å². The highest BCUT2D eigenvalue weighted by Gasteiger charge is 2.18. The highest BCUT2D eigenvalue weighted by atomic mass is 35.5. The van der Waals surface area contributed by atoms with Gasteiger partial charge in [-0.05, 0) is 31.5 Å². The lowest BCUT2D eigenvalue weighted by Gasteiger charge is -2.10. The largest absolute Gasteiger partial charge is 0.318 e. The lowest BCUT2D eigenvalue weighted by molar-refractivity contribution is -0.384. The molecule has 124 valence electrons. The maximum Gasteiger partial charge on any atom is 0.314 e. The molecule has 0 heterocycles. The third-order valence-corrected chi connectivity index (χ3v) is 3.57. The van der Waals surface area contributed by atoms with Crippen molar-refractivity contribution in [1.29, 1.82) is 0 Å². The summed E-state index contributed by atoms with van der Waals surface area (Å²) < 4.78 is 0. The molecule has 0 saturated heterocycles. The van der Waals surface area contributed by atoms with Crippen molar-refractivity contribution in [3.63, 3.8) is 0 Å². The summed E-state index contributed by atoms with van der Waals surface area (Å²) in [7, 11) is 0. The molecular formula is C16H14ClN3O4. The van der Waals surface area contributed by atoms with Crippen LogP contribution in [-0.4, -0.2) is 16.7 Å². The van der Waals surface area contributed by atoms with Gasteiger partial charge < -0.3 is 10.6 Å². The van der Waals surface area contributed by atoms with E-state index in [1.165, 1.54) is 12.1 Å². The van der Waals surface area contributed by atoms with Gasteiger partial charge in [-0.15, -0.1) is 0 Å². The summed E-state index contributed by atoms with van der Waals surface area (Å²) in [5.74, 6) is -1.87. The van der Waals surface area contributed by atoms with Gasteiger partial charge in [0.2, 0.25) is 0 Å². The van der Waals surface area contributed by atoms with E-state index in [0.29, 0.717) is 5.69 Å². The van der Waals surface area contributed by atoms with Gasteiger partial charge in [-0.1, -0.05) is 29.3 Å². The summed E-state index contributed by atoms with van der Waals surface area (Å²) in [6, 6.07) is 8.93. The number of nitro benzene ring substituents is 1. The van der Waals surface area contributed by atoms with Gasteiger partial charge in [-0.2, -0.15) is 0 Å². The van der Waals surface area contributed by atoms with E-state index in [2.05, 4.69) is 10.6 Å². The average Bonchev–Trinajstić information content (AvgIpc) is 2.51. The Kier molecular flexibility index (Phi) is 5.15. The topological polar surface area (TPSA) is 101 Å². The Morgan fingerprint density at radius 3 is 2.21 bits per heavy atom. The van der Waals surface area contributed by atoms with E-state index in [1.807, 2.05) is 13.0 Å². The average molecular weight is 348 g/mol. The fourth-order valence-corrected chi connectivity index (χ4v) is 2.20. The number of anilines is 2. The summed E-state index contributed by atoms with van der Waals surface area (Å²) in [6.07, 6.45) is 0. The third kappa shape index (κ3) is 4.08. The Balaban J connectivity index is 2.13. The summed E-state index contributed by atoms with van der Waals surface area (Å²) >= 11 is 5.88. The highest BCUT2D eigenvalue weighted by molar-refractivity contribution is 6.44. The number of nitro groups is 1. The van der Waals surface area contributed by atoms with E-state index < -0.39 is 16.7 Å². The van der Waals surface area contributed by atoms with Gasteiger partial charge in [0.05, 0.1) is 15.6 Å². The van der Waals surface area contributed by atoms with Crippen LogP contribution in [0.15, 0.2) is 36.4 Å². The van der Waals surface area contributed by atoms with Crippen molar-refractivity contribution < 1.29 is 14.5 Å². The summed E-state index contributed by atoms with van der Waals surface area (Å²) in [5, 5.41) is 15.6. The zero-order valence-corrected chi connectivity index (χ0v) is 13.7. The maximum absolute atomic E-state index is 12.0. The zero-order valence-electron chi connectivity index (χ0n) is 12.9. The number of nitrogens with one attached hydrogen (secondary N) is 2. The molecule has 0 saturated carbocycles. The van der Waals surface area contributed by atoms with Crippen LogP contribution in [0.4, 0.5) is 17.1 Å². The summed E-state index contributed by atoms with van der Waals surface area (Å²) in [6.45, 7) is 3.72. The number of carbonyl (C=O) groups excluding carboxylic acids is 2. The Morgan fingerprint density at radius 2 is 1.62 bits per heavy atom. The first-order valence-electron chi connectivity index (χ1n) is 6.91. The molecule has 0 unspecified atom stereocenters. The zero-order chi connectivity index (χ0) is 17.9. The molecule has 2 aromatic rings. The predicted molar refractivity (Wildman–Crippen MR) is 91.3 cm³/mol. The van der Waals surface area contributed by atoms with Crippen LogP contribution in [0.2, 0.25) is 5.02 Å². The predicted octanol–water partition coefficient (Wildman–Crippen LogP) is 3.44. The molecule has 0 fully saturated rings. The number of hydrogen-bond acceptors (Lipinski definition) is 4. The first-order chi connectivity index (χ1) is 11.3. The van der Waals surface area contributed by atoms with Gasteiger partial charge >= 0.3 is 11.8 Å². The van der Waals surface area contributed by atoms with E-state index >= 15 is 0 Å². The number of aryl methyl sites for hydroxylation is 2. The van der Waals surface area contributed by atoms with E-state index in [-0.39, 0.29) is 16.4 Å². The lowest BCUT2D eigenvalue weighted by atomic mass is 10.1. The van der Waals surface area contributed by atoms with E-state index in [4.69, 9.17) is 11.6 Å². The third-order valence-electron chi connectivity index (χ3n) is 3.25. The molecule has 0 aliphatic rings. The van der Waals surface area contributed by atoms with Crippen LogP contribution in [0.3, 0.4) is 0 Å². The van der Waals surface area contributed by atoms with Crippen molar-refractivity contribution in [3.8, 4) is 0 Å². The first-order valence-corrected chi connectivity index (χ1v) is 7.29. The standard InChI is InChI=1S/C16H14ClN3O4/c1-9-3-6-13(10(2)7-9)18-15(21)16(22)19-14-8-11(20(23)24)4-5-12(14)17/h3-8H,1-2H3,(H,18,21)(H,19,22). The Labute approximate surface area is 142 Å². The summed E-state index contributed by atoms with van der Waals surface area (Å²) in [5.41, 5.74) is 2.09. The van der Waals surface area contributed by atoms with Crippen LogP contribution < -0.4 is 10.6 Å². The minimum Gasteiger partial charge on any atom is -0.318 e. The normalized spacial score (nSPS) is 10.1. The number of carbonyl (C=O) groups is 2. The van der Waals surface area contributed by atoms with Gasteiger partial charge in [0.15, 0.2) is 0 Å². The second-order valence-corrected chi connectivity index (χ2v) is 5.56. The van der Waals surface area contributed by atoms with Crippen molar-refractivity contribution >= 4 is 40.5 Å². The number of hydrogen-bond donors (Lipinski definition) is 2. The number of amides is 2. The van der Waals surface area contributed by atoms with Crippen molar-refractivity contribution in [1.82, 2.24) is 0 Å². The van der Waals surface area contributed by atoms with Crippen LogP contribution in [0.1, 0.15) is 11.1 Å². The van der Waals surface area contributed by atoms with Crippen LogP contribution in [0, 0.1) is 24.0 Å². The smallest absolute Gasteiger partial charge is 0.314 e. The molecule has 0 atom stereocenters. The molecule has 0 spiro atoms. The van der Waals surface area contributed by atoms with Crippen LogP contribution >= 0.6 is 11.6 Å². The second-order valence-electron chi connectivity index (χ2n) is 5.15. The fourth-order valence-electron chi connectivity index (χ4n) is 2.03. The maximum atomic E-state index is 12.0. The number of benzene rings is 2. The Bertz CT molecular complexity index is 836. The molecule has 24 heavy (non-hydrogen) atoms. The minimum atomic E-state index is -0.975. The fraction of sp³-hybridized carbons (Fsp3) is 0.125. The monoisotopic (exact) mass is 347 g/mol. The quantitative estimate of drug-likeness (QED) is 0.504. The van der Waals surface area contributed by atoms with Gasteiger partial charge in [-0.25, -0.2) is 0 Å². The SMILES string of the molecule is Cc1ccc(NC(=O)C(=O)Nc2cc([N+](=O)[O-])ccc2Cl)c(C)c1. The molecule has 2 amide bonds. The molecule has 0 aliphatic carbocycles. The molecule has 7 nitrogen and oxygen atoms in total. The Hall–Kier alpha value is -2.93. The first kappa shape index (κ1) is 17.4. The van der Waals surface area contributed by atoms with Crippen LogP contribution in [-0.2, 0) is 9.59 Å². The molecule has 2 N–H and O–H groups in total. The molecular weight excluding hydrogens is 334 g/mol. The minimum absolute atomic E-state index is 0.00774. The number of non-ortho nitro benzene ring substituents is 1. The molecule has 0 bridgehead atoms. The van der Waals surface area contributed by atoms with E-state index in [9.17, 15) is 19.7 Å². The van der Waals surface area contributed by atoms with Gasteiger partial charge in [0.1, 0.15) is 0 Å². The van der Waals surface area contributed by atoms with Crippen molar-refractivity contribution in [2.45, 2.75) is 13.8 Å². The lowest BCUT2D eigenvalue weighted by Crippen LogP contribution is -2.29. The molecule has 8 heteroatoms. The van der Waals surface area contributed by atoms with Gasteiger partial charge in [0, 0.05) is 17.8 Å². The molecule has 0 aliphatic heterocycles. The molecule has 2 rings (SSSR count). The van der Waals surface area contributed by atoms with Gasteiger partial charge in [-0.3, -0.25) is 19.7 Å². The molecule has 2 aromatic carbocycles. The van der Waals surface area contributed by atoms with Crippen LogP contribution in [0.5, 0.6) is 0 Å². The van der Waals surface area contributed by atoms with Crippen LogP contribution in [0.25, 0.3) is 0 Å². The number of halogens is 1. The highest BCUT2D eigenvalue weighted by Crippen LogP contribution is 2.26. The van der Waals surface area contributed by atoms with Crippen molar-refractivity contribution in [3.05, 3.63) is 62.7 Å². The second kappa shape index (κ2) is 7.10. The number of rotatable bonds is 3. The van der Waals surface area contributed by atoms with Crippen molar-refractivity contribution in [2.75, 3.05) is 10.6 Å².